The number of nitrogens with zero attached hydrogens (tertiary/aromatic N) is 2. The number of hydrogen-bond donors (Lipinski definition) is 2. The molecule has 4 amide bonds. The van der Waals surface area contributed by atoms with Crippen molar-refractivity contribution < 1.29 is 33.4 Å². The van der Waals surface area contributed by atoms with Crippen molar-refractivity contribution in [3.05, 3.63) is 23.8 Å². The maximum absolute atomic E-state index is 12.7. The predicted octanol–water partition coefficient (Wildman–Crippen LogP) is 1.13. The van der Waals surface area contributed by atoms with E-state index in [0.717, 1.165) is 12.0 Å². The van der Waals surface area contributed by atoms with Gasteiger partial charge in [0.05, 0.1) is 20.1 Å². The molecular weight excluding hydrogens is 492 g/mol. The smallest absolute Gasteiger partial charge is 0.258 e. The van der Waals surface area contributed by atoms with Crippen molar-refractivity contribution in [1.82, 2.24) is 20.4 Å². The van der Waals surface area contributed by atoms with Gasteiger partial charge in [-0.25, -0.2) is 0 Å². The molecule has 2 bridgehead atoms. The summed E-state index contributed by atoms with van der Waals surface area (Å²) in [5.74, 6) is 0.142. The highest BCUT2D eigenvalue weighted by atomic mass is 16.5. The highest BCUT2D eigenvalue weighted by molar-refractivity contribution is 5.87. The van der Waals surface area contributed by atoms with E-state index >= 15 is 0 Å². The fourth-order valence-corrected chi connectivity index (χ4v) is 4.12. The van der Waals surface area contributed by atoms with Crippen molar-refractivity contribution in [3.63, 3.8) is 0 Å². The van der Waals surface area contributed by atoms with E-state index in [1.165, 1.54) is 7.11 Å². The van der Waals surface area contributed by atoms with Crippen molar-refractivity contribution in [3.8, 4) is 11.5 Å². The Bertz CT molecular complexity index is 940. The molecule has 0 aromatic heterocycles. The summed E-state index contributed by atoms with van der Waals surface area (Å²) in [4.78, 5) is 53.6. The third kappa shape index (κ3) is 10.6. The predicted molar refractivity (Wildman–Crippen MR) is 142 cm³/mol. The molecule has 1 aromatic rings. The number of aryl methyl sites for hydroxylation is 1. The van der Waals surface area contributed by atoms with Crippen LogP contribution in [-0.4, -0.2) is 100 Å². The largest absolute Gasteiger partial charge is 0.493 e. The number of methoxy groups -OCH3 is 2. The summed E-state index contributed by atoms with van der Waals surface area (Å²) < 4.78 is 16.1. The Morgan fingerprint density at radius 1 is 1.05 bits per heavy atom. The molecule has 11 nitrogen and oxygen atoms in total. The Morgan fingerprint density at radius 2 is 1.79 bits per heavy atom. The van der Waals surface area contributed by atoms with E-state index in [-0.39, 0.29) is 30.7 Å². The molecule has 0 aliphatic carbocycles. The second-order valence-corrected chi connectivity index (χ2v) is 9.36. The number of likely N-dealkylation sites (N-methyl/N-ethyl adjacent to an activating group) is 1. The number of benzene rings is 1. The maximum atomic E-state index is 12.7. The average Bonchev–Trinajstić information content (AvgIpc) is 2.91. The molecule has 2 N–H and O–H groups in total. The number of carbonyl (C=O) groups is 4. The zero-order valence-corrected chi connectivity index (χ0v) is 23.0. The Morgan fingerprint density at radius 3 is 2.53 bits per heavy atom. The Balaban J connectivity index is 2.11. The Hall–Kier alpha value is -3.34. The van der Waals surface area contributed by atoms with Gasteiger partial charge in [-0.2, -0.15) is 0 Å². The first kappa shape index (κ1) is 30.9. The van der Waals surface area contributed by atoms with Crippen LogP contribution in [0.5, 0.6) is 11.5 Å². The van der Waals surface area contributed by atoms with E-state index < -0.39 is 11.9 Å². The van der Waals surface area contributed by atoms with Crippen molar-refractivity contribution in [2.45, 2.75) is 51.5 Å². The third-order valence-electron chi connectivity index (χ3n) is 6.32. The summed E-state index contributed by atoms with van der Waals surface area (Å²) >= 11 is 0. The minimum Gasteiger partial charge on any atom is -0.493 e. The molecule has 1 aliphatic heterocycles. The fourth-order valence-electron chi connectivity index (χ4n) is 4.12. The molecule has 0 saturated heterocycles. The summed E-state index contributed by atoms with van der Waals surface area (Å²) in [6.45, 7) is 3.75. The van der Waals surface area contributed by atoms with Gasteiger partial charge in [-0.1, -0.05) is 6.07 Å². The first-order valence-electron chi connectivity index (χ1n) is 13.1. The van der Waals surface area contributed by atoms with Gasteiger partial charge in [0.2, 0.25) is 17.7 Å². The lowest BCUT2D eigenvalue weighted by Crippen LogP contribution is -2.47. The number of rotatable bonds is 4. The number of ether oxygens (including phenoxy) is 3. The number of nitrogens with one attached hydrogen (secondary N) is 2. The third-order valence-corrected chi connectivity index (χ3v) is 6.32. The number of amides is 4. The van der Waals surface area contributed by atoms with E-state index in [4.69, 9.17) is 14.2 Å². The van der Waals surface area contributed by atoms with Crippen molar-refractivity contribution in [2.75, 3.05) is 60.7 Å². The van der Waals surface area contributed by atoms with Gasteiger partial charge in [-0.05, 0) is 50.3 Å². The van der Waals surface area contributed by atoms with Crippen LogP contribution >= 0.6 is 0 Å². The summed E-state index contributed by atoms with van der Waals surface area (Å²) in [6.07, 6.45) is 3.13. The van der Waals surface area contributed by atoms with Gasteiger partial charge in [0.1, 0.15) is 6.04 Å². The summed E-state index contributed by atoms with van der Waals surface area (Å²) in [7, 11) is 4.76. The van der Waals surface area contributed by atoms with Gasteiger partial charge in [0.25, 0.3) is 5.91 Å². The van der Waals surface area contributed by atoms with Crippen LogP contribution in [0, 0.1) is 0 Å². The Kier molecular flexibility index (Phi) is 13.4. The zero-order valence-electron chi connectivity index (χ0n) is 23.0. The molecule has 0 radical (unpaired) electrons. The normalized spacial score (nSPS) is 19.4. The van der Waals surface area contributed by atoms with E-state index in [1.54, 1.807) is 43.0 Å². The van der Waals surface area contributed by atoms with Crippen LogP contribution in [0.25, 0.3) is 0 Å². The summed E-state index contributed by atoms with van der Waals surface area (Å²) in [5.41, 5.74) is 0.860. The molecule has 0 saturated carbocycles. The topological polar surface area (TPSA) is 127 Å². The second-order valence-electron chi connectivity index (χ2n) is 9.36. The molecule has 38 heavy (non-hydrogen) atoms. The monoisotopic (exact) mass is 534 g/mol. The van der Waals surface area contributed by atoms with Crippen LogP contribution in [0.15, 0.2) is 18.2 Å². The summed E-state index contributed by atoms with van der Waals surface area (Å²) in [6, 6.07) is 4.61. The van der Waals surface area contributed by atoms with Crippen molar-refractivity contribution >= 4 is 23.6 Å². The average molecular weight is 535 g/mol. The second kappa shape index (κ2) is 16.5. The van der Waals surface area contributed by atoms with Crippen LogP contribution < -0.4 is 20.1 Å². The van der Waals surface area contributed by atoms with Gasteiger partial charge < -0.3 is 34.6 Å². The van der Waals surface area contributed by atoms with Crippen molar-refractivity contribution in [1.29, 1.82) is 0 Å². The first-order valence-corrected chi connectivity index (χ1v) is 13.1. The molecule has 1 heterocycles. The van der Waals surface area contributed by atoms with Crippen LogP contribution in [0.1, 0.15) is 44.6 Å². The molecular formula is C27H42N4O7. The van der Waals surface area contributed by atoms with Gasteiger partial charge in [-0.3, -0.25) is 19.2 Å². The van der Waals surface area contributed by atoms with Crippen molar-refractivity contribution in [2.24, 2.45) is 0 Å². The van der Waals surface area contributed by atoms with Gasteiger partial charge in [0.15, 0.2) is 18.1 Å². The molecule has 0 spiro atoms. The molecule has 0 fully saturated rings. The SMILES string of the molecule is COCCC(=O)N1CCCCN(C)C(=O)[C@H](C)NC(=O)COc2cc(ccc2OC)CCC(=O)NCCC1. The maximum Gasteiger partial charge on any atom is 0.258 e. The van der Waals surface area contributed by atoms with Gasteiger partial charge in [0, 0.05) is 46.8 Å². The minimum atomic E-state index is -0.715. The summed E-state index contributed by atoms with van der Waals surface area (Å²) in [5, 5.41) is 5.60. The molecule has 212 valence electrons. The quantitative estimate of drug-likeness (QED) is 0.593. The van der Waals surface area contributed by atoms with E-state index in [9.17, 15) is 19.2 Å². The molecule has 1 aliphatic rings. The van der Waals surface area contributed by atoms with E-state index in [1.807, 2.05) is 6.07 Å². The van der Waals surface area contributed by atoms with E-state index in [0.29, 0.717) is 70.0 Å². The van der Waals surface area contributed by atoms with Crippen LogP contribution in [0.2, 0.25) is 0 Å². The standard InChI is InChI=1S/C27H42N4O7/c1-20-27(35)30(2)14-5-6-15-31(26(34)12-17-36-3)16-7-13-28-24(32)11-9-21-8-10-22(37-4)23(18-21)38-19-25(33)29-20/h8,10,18,20H,5-7,9,11-17,19H2,1-4H3,(H,28,32)(H,29,33)/t20-/m0/s1. The lowest BCUT2D eigenvalue weighted by Gasteiger charge is -2.25. The van der Waals surface area contributed by atoms with E-state index in [2.05, 4.69) is 10.6 Å². The fraction of sp³-hybridized carbons (Fsp3) is 0.630. The highest BCUT2D eigenvalue weighted by Gasteiger charge is 2.20. The Labute approximate surface area is 225 Å². The molecule has 2 rings (SSSR count). The number of carbonyl (C=O) groups excluding carboxylic acids is 4. The molecule has 11 heteroatoms. The molecule has 0 unspecified atom stereocenters. The minimum absolute atomic E-state index is 0.00549. The first-order chi connectivity index (χ1) is 18.2. The van der Waals surface area contributed by atoms with Crippen LogP contribution in [0.4, 0.5) is 0 Å². The van der Waals surface area contributed by atoms with Gasteiger partial charge in [-0.15, -0.1) is 0 Å². The van der Waals surface area contributed by atoms with Crippen LogP contribution in [0.3, 0.4) is 0 Å². The zero-order chi connectivity index (χ0) is 27.9. The lowest BCUT2D eigenvalue weighted by atomic mass is 10.1. The highest BCUT2D eigenvalue weighted by Crippen LogP contribution is 2.28. The van der Waals surface area contributed by atoms with Crippen LogP contribution in [-0.2, 0) is 30.3 Å². The number of hydrogen-bond acceptors (Lipinski definition) is 7. The molecule has 1 atom stereocenters. The molecule has 1 aromatic carbocycles. The number of fused-ring (bicyclic) bond motifs is 2. The van der Waals surface area contributed by atoms with Gasteiger partial charge >= 0.3 is 0 Å². The lowest BCUT2D eigenvalue weighted by molar-refractivity contribution is -0.135.